The third-order valence-electron chi connectivity index (χ3n) is 6.21. The summed E-state index contributed by atoms with van der Waals surface area (Å²) in [6, 6.07) is 9.84. The second-order valence-electron chi connectivity index (χ2n) is 8.42. The molecule has 1 aromatic heterocycles. The minimum Gasteiger partial charge on any atom is -0.441 e. The highest BCUT2D eigenvalue weighted by atomic mass is 35.5. The first kappa shape index (κ1) is 26.0. The number of amides is 1. The van der Waals surface area contributed by atoms with E-state index in [1.165, 1.54) is 5.69 Å². The van der Waals surface area contributed by atoms with Crippen molar-refractivity contribution in [2.24, 2.45) is 0 Å². The fraction of sp³-hybridized carbons (Fsp3) is 0.522. The normalized spacial score (nSPS) is 17.4. The zero-order chi connectivity index (χ0) is 21.0. The molecule has 0 unspecified atom stereocenters. The molecule has 2 aromatic rings. The molecule has 0 radical (unpaired) electrons. The highest BCUT2D eigenvalue weighted by Crippen LogP contribution is 2.33. The summed E-state index contributed by atoms with van der Waals surface area (Å²) in [5, 5.41) is 8.95. The Morgan fingerprint density at radius 2 is 1.88 bits per heavy atom. The molecular weight excluding hydrogens is 449 g/mol. The maximum atomic E-state index is 12.2. The molecule has 1 aromatic carbocycles. The van der Waals surface area contributed by atoms with Crippen LogP contribution in [0.5, 0.6) is 0 Å². The molecule has 3 heterocycles. The van der Waals surface area contributed by atoms with Crippen LogP contribution in [0.4, 0.5) is 4.79 Å². The van der Waals surface area contributed by atoms with Crippen LogP contribution in [-0.2, 0) is 17.8 Å². The van der Waals surface area contributed by atoms with Gasteiger partial charge in [0, 0.05) is 51.8 Å². The number of halogens is 2. The Balaban J connectivity index is 0.00000181. The number of nitrogens with zero attached hydrogens (tertiary/aromatic N) is 5. The third-order valence-corrected chi connectivity index (χ3v) is 6.21. The van der Waals surface area contributed by atoms with Crippen molar-refractivity contribution in [3.05, 3.63) is 53.6 Å². The average Bonchev–Trinajstić information content (AvgIpc) is 3.32. The molecule has 7 nitrogen and oxygen atoms in total. The van der Waals surface area contributed by atoms with Crippen LogP contribution in [0.2, 0.25) is 0 Å². The van der Waals surface area contributed by atoms with Crippen LogP contribution < -0.4 is 0 Å². The Morgan fingerprint density at radius 3 is 2.53 bits per heavy atom. The monoisotopic (exact) mass is 479 g/mol. The van der Waals surface area contributed by atoms with E-state index in [-0.39, 0.29) is 36.5 Å². The molecular formula is C23H31Cl2N5O2. The Morgan fingerprint density at radius 1 is 1.16 bits per heavy atom. The number of ether oxygens (including phenoxy) is 1. The number of rotatable bonds is 7. The van der Waals surface area contributed by atoms with E-state index in [1.807, 2.05) is 41.7 Å². The van der Waals surface area contributed by atoms with Gasteiger partial charge in [-0.25, -0.2) is 9.78 Å². The molecule has 1 spiro atoms. The quantitative estimate of drug-likeness (QED) is 0.593. The van der Waals surface area contributed by atoms with E-state index in [0.29, 0.717) is 5.56 Å². The Kier molecular flexibility index (Phi) is 9.38. The number of aromatic nitrogens is 2. The molecule has 0 saturated carbocycles. The van der Waals surface area contributed by atoms with Gasteiger partial charge in [0.05, 0.1) is 30.2 Å². The van der Waals surface area contributed by atoms with E-state index in [9.17, 15) is 4.79 Å². The van der Waals surface area contributed by atoms with Gasteiger partial charge in [0.15, 0.2) is 0 Å². The molecule has 1 amide bonds. The fourth-order valence-electron chi connectivity index (χ4n) is 4.33. The zero-order valence-corrected chi connectivity index (χ0v) is 20.0. The summed E-state index contributed by atoms with van der Waals surface area (Å²) >= 11 is 0. The second kappa shape index (κ2) is 11.6. The van der Waals surface area contributed by atoms with Crippen molar-refractivity contribution in [1.82, 2.24) is 19.4 Å². The predicted octanol–water partition coefficient (Wildman–Crippen LogP) is 4.23. The number of unbranched alkanes of at least 4 members (excludes halogenated alkanes) is 1. The molecule has 2 fully saturated rings. The van der Waals surface area contributed by atoms with Crippen molar-refractivity contribution < 1.29 is 9.53 Å². The highest BCUT2D eigenvalue weighted by molar-refractivity contribution is 5.85. The number of hydrogen-bond donors (Lipinski definition) is 0. The van der Waals surface area contributed by atoms with Crippen LogP contribution in [-0.4, -0.2) is 57.2 Å². The summed E-state index contributed by atoms with van der Waals surface area (Å²) in [6.07, 6.45) is 7.52. The molecule has 0 bridgehead atoms. The van der Waals surface area contributed by atoms with Crippen molar-refractivity contribution in [3.63, 3.8) is 0 Å². The largest absolute Gasteiger partial charge is 0.441 e. The van der Waals surface area contributed by atoms with Crippen LogP contribution in [0.1, 0.15) is 49.4 Å². The van der Waals surface area contributed by atoms with Crippen LogP contribution in [0, 0.1) is 11.3 Å². The smallest absolute Gasteiger partial charge is 0.410 e. The molecule has 2 saturated heterocycles. The average molecular weight is 480 g/mol. The summed E-state index contributed by atoms with van der Waals surface area (Å²) < 4.78 is 7.99. The van der Waals surface area contributed by atoms with Crippen molar-refractivity contribution in [1.29, 1.82) is 5.26 Å². The third kappa shape index (κ3) is 5.94. The van der Waals surface area contributed by atoms with E-state index in [2.05, 4.69) is 27.4 Å². The lowest BCUT2D eigenvalue weighted by Gasteiger charge is -2.37. The minimum absolute atomic E-state index is 0. The molecule has 0 atom stereocenters. The number of hydrogen-bond acceptors (Lipinski definition) is 5. The molecule has 2 aliphatic heterocycles. The molecule has 2 aliphatic rings. The number of benzene rings is 1. The molecule has 174 valence electrons. The molecule has 0 N–H and O–H groups in total. The standard InChI is InChI=1S/C23H29N5O2.2ClH/c1-2-3-10-27-17-23(30-22(27)29)8-11-26(12-9-23)16-21-14-25-18-28(21)15-20-6-4-19(13-24)5-7-20;;/h4-7,14,18H,2-3,8-12,15-17H2,1H3;2*1H. The first-order valence-corrected chi connectivity index (χ1v) is 10.8. The van der Waals surface area contributed by atoms with Crippen molar-refractivity contribution in [3.8, 4) is 6.07 Å². The summed E-state index contributed by atoms with van der Waals surface area (Å²) in [5.41, 5.74) is 2.69. The van der Waals surface area contributed by atoms with Crippen LogP contribution in [0.3, 0.4) is 0 Å². The zero-order valence-electron chi connectivity index (χ0n) is 18.4. The van der Waals surface area contributed by atoms with Gasteiger partial charge in [0.1, 0.15) is 5.60 Å². The van der Waals surface area contributed by atoms with Gasteiger partial charge in [0.2, 0.25) is 0 Å². The lowest BCUT2D eigenvalue weighted by atomic mass is 9.91. The molecule has 4 rings (SSSR count). The van der Waals surface area contributed by atoms with E-state index >= 15 is 0 Å². The SMILES string of the molecule is CCCCN1CC2(CCN(Cc3cncn3Cc3ccc(C#N)cc3)CC2)OC1=O.Cl.Cl. The van der Waals surface area contributed by atoms with Crippen LogP contribution >= 0.6 is 24.8 Å². The first-order valence-electron chi connectivity index (χ1n) is 10.8. The summed E-state index contributed by atoms with van der Waals surface area (Å²) in [7, 11) is 0. The Bertz CT molecular complexity index is 917. The number of nitriles is 1. The lowest BCUT2D eigenvalue weighted by molar-refractivity contribution is -0.00169. The van der Waals surface area contributed by atoms with Crippen molar-refractivity contribution in [2.45, 2.75) is 51.3 Å². The second-order valence-corrected chi connectivity index (χ2v) is 8.42. The van der Waals surface area contributed by atoms with E-state index in [0.717, 1.165) is 70.5 Å². The van der Waals surface area contributed by atoms with Gasteiger partial charge in [0.25, 0.3) is 0 Å². The van der Waals surface area contributed by atoms with Gasteiger partial charge in [-0.05, 0) is 24.1 Å². The predicted molar refractivity (Wildman–Crippen MR) is 127 cm³/mol. The summed E-state index contributed by atoms with van der Waals surface area (Å²) in [4.78, 5) is 20.9. The topological polar surface area (TPSA) is 74.4 Å². The van der Waals surface area contributed by atoms with Crippen LogP contribution in [0.25, 0.3) is 0 Å². The van der Waals surface area contributed by atoms with Crippen LogP contribution in [0.15, 0.2) is 36.8 Å². The molecule has 9 heteroatoms. The Hall–Kier alpha value is -2.27. The van der Waals surface area contributed by atoms with Gasteiger partial charge in [-0.3, -0.25) is 4.90 Å². The lowest BCUT2D eigenvalue weighted by Crippen LogP contribution is -2.46. The van der Waals surface area contributed by atoms with Crippen molar-refractivity contribution >= 4 is 30.9 Å². The van der Waals surface area contributed by atoms with Gasteiger partial charge in [-0.15, -0.1) is 24.8 Å². The fourth-order valence-corrected chi connectivity index (χ4v) is 4.33. The van der Waals surface area contributed by atoms with E-state index in [4.69, 9.17) is 10.00 Å². The number of carbonyl (C=O) groups is 1. The number of likely N-dealkylation sites (tertiary alicyclic amines) is 1. The molecule has 32 heavy (non-hydrogen) atoms. The van der Waals surface area contributed by atoms with Gasteiger partial charge in [-0.2, -0.15) is 5.26 Å². The van der Waals surface area contributed by atoms with Gasteiger partial charge >= 0.3 is 6.09 Å². The maximum Gasteiger partial charge on any atom is 0.410 e. The first-order chi connectivity index (χ1) is 14.6. The minimum atomic E-state index is -0.302. The van der Waals surface area contributed by atoms with Crippen molar-refractivity contribution in [2.75, 3.05) is 26.2 Å². The number of imidazole rings is 1. The van der Waals surface area contributed by atoms with E-state index < -0.39 is 0 Å². The Labute approximate surface area is 202 Å². The van der Waals surface area contributed by atoms with Gasteiger partial charge in [-0.1, -0.05) is 25.5 Å². The summed E-state index contributed by atoms with van der Waals surface area (Å²) in [6.45, 7) is 7.07. The maximum absolute atomic E-state index is 12.2. The molecule has 0 aliphatic carbocycles. The van der Waals surface area contributed by atoms with E-state index in [1.54, 1.807) is 0 Å². The highest BCUT2D eigenvalue weighted by Gasteiger charge is 2.46. The number of carbonyl (C=O) groups excluding carboxylic acids is 1. The summed E-state index contributed by atoms with van der Waals surface area (Å²) in [5.74, 6) is 0. The number of piperidine rings is 1. The van der Waals surface area contributed by atoms with Gasteiger partial charge < -0.3 is 14.2 Å².